The molecule has 0 bridgehead atoms. The van der Waals surface area contributed by atoms with Gasteiger partial charge in [0.15, 0.2) is 0 Å². The third-order valence-corrected chi connectivity index (χ3v) is 2.91. The summed E-state index contributed by atoms with van der Waals surface area (Å²) in [6.45, 7) is 12.0. The van der Waals surface area contributed by atoms with Gasteiger partial charge < -0.3 is 5.32 Å². The van der Waals surface area contributed by atoms with Crippen molar-refractivity contribution in [3.8, 4) is 0 Å². The number of nitrogens with one attached hydrogen (secondary N) is 1. The van der Waals surface area contributed by atoms with Crippen LogP contribution in [0.25, 0.3) is 0 Å². The standard InChI is InChI=1S/C13H26N2/c1-11(2)7-8-15(13-5-6-13)10-12(3)9-14-4/h11,13-14H,3,5-10H2,1-2,4H3. The lowest BCUT2D eigenvalue weighted by Gasteiger charge is -2.24. The molecule has 0 aromatic carbocycles. The Morgan fingerprint density at radius 1 is 1.47 bits per heavy atom. The molecule has 1 aliphatic rings. The molecule has 0 aliphatic heterocycles. The molecule has 1 aliphatic carbocycles. The van der Waals surface area contributed by atoms with Crippen LogP contribution in [0.1, 0.15) is 33.1 Å². The Morgan fingerprint density at radius 2 is 2.13 bits per heavy atom. The van der Waals surface area contributed by atoms with E-state index in [1.807, 2.05) is 7.05 Å². The van der Waals surface area contributed by atoms with Gasteiger partial charge in [-0.2, -0.15) is 0 Å². The van der Waals surface area contributed by atoms with E-state index in [0.717, 1.165) is 25.0 Å². The quantitative estimate of drug-likeness (QED) is 0.618. The van der Waals surface area contributed by atoms with Gasteiger partial charge in [-0.05, 0) is 44.3 Å². The highest BCUT2D eigenvalue weighted by Crippen LogP contribution is 2.27. The number of likely N-dealkylation sites (N-methyl/N-ethyl adjacent to an activating group) is 1. The first-order valence-electron chi connectivity index (χ1n) is 6.18. The summed E-state index contributed by atoms with van der Waals surface area (Å²) in [5.74, 6) is 0.809. The number of hydrogen-bond donors (Lipinski definition) is 1. The van der Waals surface area contributed by atoms with E-state index in [1.165, 1.54) is 31.4 Å². The molecule has 1 fully saturated rings. The Kier molecular flexibility index (Phi) is 5.34. The van der Waals surface area contributed by atoms with Crippen LogP contribution in [0.4, 0.5) is 0 Å². The molecule has 0 spiro atoms. The van der Waals surface area contributed by atoms with Crippen molar-refractivity contribution in [3.05, 3.63) is 12.2 Å². The zero-order valence-corrected chi connectivity index (χ0v) is 10.6. The second-order valence-corrected chi connectivity index (χ2v) is 5.16. The van der Waals surface area contributed by atoms with Gasteiger partial charge in [-0.1, -0.05) is 20.4 Å². The van der Waals surface area contributed by atoms with E-state index < -0.39 is 0 Å². The molecular weight excluding hydrogens is 184 g/mol. The smallest absolute Gasteiger partial charge is 0.0205 e. The Labute approximate surface area is 94.7 Å². The van der Waals surface area contributed by atoms with Gasteiger partial charge in [-0.15, -0.1) is 0 Å². The summed E-state index contributed by atoms with van der Waals surface area (Å²) in [7, 11) is 1.99. The van der Waals surface area contributed by atoms with Crippen LogP contribution in [0.5, 0.6) is 0 Å². The highest BCUT2D eigenvalue weighted by molar-refractivity contribution is 5.02. The summed E-state index contributed by atoms with van der Waals surface area (Å²) in [6, 6.07) is 0.859. The molecule has 0 saturated heterocycles. The lowest BCUT2D eigenvalue weighted by Crippen LogP contribution is -2.31. The number of rotatable bonds is 8. The van der Waals surface area contributed by atoms with E-state index in [0.29, 0.717) is 0 Å². The molecule has 88 valence electrons. The molecule has 1 rings (SSSR count). The molecule has 2 nitrogen and oxygen atoms in total. The molecule has 0 atom stereocenters. The van der Waals surface area contributed by atoms with Gasteiger partial charge in [0.2, 0.25) is 0 Å². The van der Waals surface area contributed by atoms with Crippen molar-refractivity contribution in [2.45, 2.75) is 39.2 Å². The molecule has 0 unspecified atom stereocenters. The maximum Gasteiger partial charge on any atom is 0.0205 e. The minimum absolute atomic E-state index is 0.809. The maximum atomic E-state index is 4.12. The fraction of sp³-hybridized carbons (Fsp3) is 0.846. The summed E-state index contributed by atoms with van der Waals surface area (Å²) < 4.78 is 0. The first-order chi connectivity index (χ1) is 7.13. The molecule has 1 N–H and O–H groups in total. The van der Waals surface area contributed by atoms with Gasteiger partial charge in [0, 0.05) is 19.1 Å². The first-order valence-corrected chi connectivity index (χ1v) is 6.18. The maximum absolute atomic E-state index is 4.12. The molecule has 15 heavy (non-hydrogen) atoms. The topological polar surface area (TPSA) is 15.3 Å². The molecule has 0 heterocycles. The highest BCUT2D eigenvalue weighted by atomic mass is 15.2. The van der Waals surface area contributed by atoms with E-state index in [-0.39, 0.29) is 0 Å². The average Bonchev–Trinajstić information content (AvgIpc) is 2.95. The zero-order valence-electron chi connectivity index (χ0n) is 10.6. The number of nitrogens with zero attached hydrogens (tertiary/aromatic N) is 1. The van der Waals surface area contributed by atoms with E-state index in [9.17, 15) is 0 Å². The lowest BCUT2D eigenvalue weighted by atomic mass is 10.1. The van der Waals surface area contributed by atoms with Crippen molar-refractivity contribution in [1.82, 2.24) is 10.2 Å². The largest absolute Gasteiger partial charge is 0.316 e. The van der Waals surface area contributed by atoms with E-state index in [2.05, 4.69) is 30.6 Å². The summed E-state index contributed by atoms with van der Waals surface area (Å²) in [6.07, 6.45) is 4.10. The Bertz CT molecular complexity index is 195. The molecule has 2 heteroatoms. The first kappa shape index (κ1) is 12.7. The van der Waals surface area contributed by atoms with Crippen molar-refractivity contribution in [1.29, 1.82) is 0 Å². The van der Waals surface area contributed by atoms with Gasteiger partial charge in [0.25, 0.3) is 0 Å². The molecule has 1 saturated carbocycles. The van der Waals surface area contributed by atoms with Crippen LogP contribution in [0.15, 0.2) is 12.2 Å². The van der Waals surface area contributed by atoms with Crippen molar-refractivity contribution < 1.29 is 0 Å². The van der Waals surface area contributed by atoms with Crippen LogP contribution >= 0.6 is 0 Å². The highest BCUT2D eigenvalue weighted by Gasteiger charge is 2.28. The van der Waals surface area contributed by atoms with Crippen LogP contribution < -0.4 is 5.32 Å². The van der Waals surface area contributed by atoms with Gasteiger partial charge >= 0.3 is 0 Å². The average molecular weight is 210 g/mol. The summed E-state index contributed by atoms with van der Waals surface area (Å²) in [5.41, 5.74) is 1.31. The summed E-state index contributed by atoms with van der Waals surface area (Å²) in [5, 5.41) is 3.17. The summed E-state index contributed by atoms with van der Waals surface area (Å²) in [4.78, 5) is 2.61. The fourth-order valence-corrected chi connectivity index (χ4v) is 1.85. The van der Waals surface area contributed by atoms with Gasteiger partial charge in [0.1, 0.15) is 0 Å². The molecule has 0 amide bonds. The van der Waals surface area contributed by atoms with Crippen molar-refractivity contribution in [2.24, 2.45) is 5.92 Å². The van der Waals surface area contributed by atoms with Crippen LogP contribution in [0.2, 0.25) is 0 Å². The Balaban J connectivity index is 2.27. The summed E-state index contributed by atoms with van der Waals surface area (Å²) >= 11 is 0. The minimum atomic E-state index is 0.809. The van der Waals surface area contributed by atoms with E-state index in [1.54, 1.807) is 0 Å². The monoisotopic (exact) mass is 210 g/mol. The van der Waals surface area contributed by atoms with E-state index >= 15 is 0 Å². The van der Waals surface area contributed by atoms with Gasteiger partial charge in [-0.3, -0.25) is 4.90 Å². The van der Waals surface area contributed by atoms with Crippen molar-refractivity contribution in [3.63, 3.8) is 0 Å². The van der Waals surface area contributed by atoms with Crippen molar-refractivity contribution >= 4 is 0 Å². The van der Waals surface area contributed by atoms with Gasteiger partial charge in [0.05, 0.1) is 0 Å². The second kappa shape index (κ2) is 6.29. The lowest BCUT2D eigenvalue weighted by molar-refractivity contribution is 0.266. The fourth-order valence-electron chi connectivity index (χ4n) is 1.85. The molecule has 0 aromatic heterocycles. The van der Waals surface area contributed by atoms with Crippen LogP contribution in [-0.4, -0.2) is 37.6 Å². The Morgan fingerprint density at radius 3 is 2.60 bits per heavy atom. The Hall–Kier alpha value is -0.340. The van der Waals surface area contributed by atoms with E-state index in [4.69, 9.17) is 0 Å². The minimum Gasteiger partial charge on any atom is -0.316 e. The van der Waals surface area contributed by atoms with Crippen LogP contribution in [0, 0.1) is 5.92 Å². The van der Waals surface area contributed by atoms with Gasteiger partial charge in [-0.25, -0.2) is 0 Å². The molecule has 0 aromatic rings. The zero-order chi connectivity index (χ0) is 11.3. The number of hydrogen-bond acceptors (Lipinski definition) is 2. The van der Waals surface area contributed by atoms with Crippen molar-refractivity contribution in [2.75, 3.05) is 26.7 Å². The second-order valence-electron chi connectivity index (χ2n) is 5.16. The molecular formula is C13H26N2. The van der Waals surface area contributed by atoms with Crippen LogP contribution in [-0.2, 0) is 0 Å². The normalized spacial score (nSPS) is 16.3. The predicted molar refractivity (Wildman–Crippen MR) is 67.1 cm³/mol. The predicted octanol–water partition coefficient (Wildman–Crippen LogP) is 2.27. The third kappa shape index (κ3) is 5.33. The van der Waals surface area contributed by atoms with Crippen LogP contribution in [0.3, 0.4) is 0 Å². The molecule has 0 radical (unpaired) electrons. The SMILES string of the molecule is C=C(CNC)CN(CCC(C)C)C1CC1. The third-order valence-electron chi connectivity index (χ3n) is 2.91.